The molecule has 1 fully saturated rings. The van der Waals surface area contributed by atoms with Gasteiger partial charge in [-0.2, -0.15) is 0 Å². The minimum atomic E-state index is -3.31. The molecule has 22 nitrogen and oxygen atoms in total. The first-order valence-corrected chi connectivity index (χ1v) is 32.5. The molecule has 0 spiro atoms. The van der Waals surface area contributed by atoms with Gasteiger partial charge < -0.3 is 58.3 Å². The molecule has 0 aliphatic carbocycles. The van der Waals surface area contributed by atoms with Crippen LogP contribution in [0.5, 0.6) is 0 Å². The minimum absolute atomic E-state index is 0.0627. The van der Waals surface area contributed by atoms with Crippen LogP contribution in [0.2, 0.25) is 11.1 Å². The van der Waals surface area contributed by atoms with Gasteiger partial charge in [-0.15, -0.1) is 0 Å². The van der Waals surface area contributed by atoms with E-state index in [1.807, 2.05) is 81.4 Å². The topological polar surface area (TPSA) is 264 Å². The smallest absolute Gasteiger partial charge is 0.343 e. The molecule has 1 aromatic carbocycles. The van der Waals surface area contributed by atoms with Crippen LogP contribution in [-0.2, 0) is 82.1 Å². The Hall–Kier alpha value is -5.85. The Kier molecular flexibility index (Phi) is 31.5. The molecule has 3 N–H and O–H groups in total. The summed E-state index contributed by atoms with van der Waals surface area (Å²) in [5, 5.41) is 8.28. The van der Waals surface area contributed by atoms with Crippen LogP contribution in [0, 0.1) is 23.7 Å². The van der Waals surface area contributed by atoms with Crippen LogP contribution in [-0.4, -0.2) is 192 Å². The highest BCUT2D eigenvalue weighted by molar-refractivity contribution is 6.70. The number of esters is 2. The fourth-order valence-corrected chi connectivity index (χ4v) is 14.1. The molecule has 0 radical (unpaired) electrons. The van der Waals surface area contributed by atoms with Gasteiger partial charge in [0, 0.05) is 44.3 Å². The molecule has 7 amide bonds. The van der Waals surface area contributed by atoms with E-state index in [1.165, 1.54) is 42.6 Å². The zero-order valence-electron chi connectivity index (χ0n) is 54.3. The molecule has 3 rings (SSSR count). The van der Waals surface area contributed by atoms with E-state index < -0.39 is 111 Å². The van der Waals surface area contributed by atoms with Crippen LogP contribution < -0.4 is 16.0 Å². The normalized spacial score (nSPS) is 25.7. The third-order valence-electron chi connectivity index (χ3n) is 16.0. The Labute approximate surface area is 512 Å². The van der Waals surface area contributed by atoms with E-state index in [0.717, 1.165) is 5.56 Å². The van der Waals surface area contributed by atoms with Gasteiger partial charge in [0.25, 0.3) is 5.91 Å². The van der Waals surface area contributed by atoms with E-state index in [0.29, 0.717) is 12.0 Å². The van der Waals surface area contributed by atoms with Crippen molar-refractivity contribution in [3.05, 3.63) is 59.2 Å². The molecule has 2 aliphatic heterocycles. The lowest BCUT2D eigenvalue weighted by Gasteiger charge is -2.43. The van der Waals surface area contributed by atoms with Crippen molar-refractivity contribution in [1.29, 1.82) is 0 Å². The van der Waals surface area contributed by atoms with Gasteiger partial charge in [0.2, 0.25) is 35.4 Å². The minimum Gasteiger partial charge on any atom is -0.456 e. The number of likely N-dealkylation sites (N-methyl/N-ethyl adjacent to an activating group) is 2. The van der Waals surface area contributed by atoms with E-state index in [1.54, 1.807) is 51.1 Å². The fraction of sp³-hybridized carbons (Fsp3) is 0.698. The number of imide groups is 1. The SMILES string of the molecule is C/C=C(\C)[C@H]1OC(=O)[C@@H](C)NC(=O)[C@H](C(C)CC)NC(=O)CN(C)C(=O)[C@@H](Cc2ccccc2)N(C)C(=O)[C@H](C)NC(=O)[C@@H](CC(C)C)OC(=O)/C(C)=C/C[C@H](O[Si](OCCOCCOCCOCCN2C(=O)CC(C)C2=O)(C(C)C)C(C)C)[C@@H]1C. The van der Waals surface area contributed by atoms with Gasteiger partial charge in [0.1, 0.15) is 30.3 Å². The second-order valence-corrected chi connectivity index (χ2v) is 28.3. The molecule has 1 aromatic rings. The highest BCUT2D eigenvalue weighted by Gasteiger charge is 2.49. The number of amides is 7. The first-order chi connectivity index (χ1) is 40.5. The summed E-state index contributed by atoms with van der Waals surface area (Å²) in [6.07, 6.45) is 1.43. The number of carbonyl (C=O) groups excluding carboxylic acids is 9. The highest BCUT2D eigenvalue weighted by atomic mass is 28.4. The van der Waals surface area contributed by atoms with Crippen molar-refractivity contribution < 1.29 is 75.7 Å². The maximum absolute atomic E-state index is 14.4. The summed E-state index contributed by atoms with van der Waals surface area (Å²) in [5.74, 6) is -6.59. The molecule has 1 saturated heterocycles. The van der Waals surface area contributed by atoms with Gasteiger partial charge in [-0.1, -0.05) is 118 Å². The molecule has 0 aromatic heterocycles. The lowest BCUT2D eigenvalue weighted by Crippen LogP contribution is -2.57. The first-order valence-electron chi connectivity index (χ1n) is 30.6. The largest absolute Gasteiger partial charge is 0.456 e. The van der Waals surface area contributed by atoms with Crippen LogP contribution in [0.3, 0.4) is 0 Å². The predicted octanol–water partition coefficient (Wildman–Crippen LogP) is 5.99. The predicted molar refractivity (Wildman–Crippen MR) is 327 cm³/mol. The van der Waals surface area contributed by atoms with Crippen LogP contribution >= 0.6 is 0 Å². The van der Waals surface area contributed by atoms with E-state index in [4.69, 9.17) is 32.5 Å². The number of carbonyl (C=O) groups is 9. The average molecular weight is 1230 g/mol. The summed E-state index contributed by atoms with van der Waals surface area (Å²) in [6.45, 7) is 28.7. The average Bonchev–Trinajstić information content (AvgIpc) is 1.63. The second kappa shape index (κ2) is 36.5. The lowest BCUT2D eigenvalue weighted by atomic mass is 9.90. The number of likely N-dealkylation sites (tertiary alicyclic amines) is 1. The molecule has 23 heteroatoms. The van der Waals surface area contributed by atoms with Gasteiger partial charge in [0.15, 0.2) is 6.10 Å². The number of hydrogen-bond acceptors (Lipinski definition) is 16. The van der Waals surface area contributed by atoms with Crippen molar-refractivity contribution >= 4 is 61.8 Å². The van der Waals surface area contributed by atoms with E-state index in [-0.39, 0.29) is 119 Å². The summed E-state index contributed by atoms with van der Waals surface area (Å²) in [4.78, 5) is 127. The number of nitrogens with one attached hydrogen (secondary N) is 3. The zero-order chi connectivity index (χ0) is 64.6. The Bertz CT molecular complexity index is 2470. The van der Waals surface area contributed by atoms with Crippen molar-refractivity contribution in [2.24, 2.45) is 23.7 Å². The molecule has 484 valence electrons. The van der Waals surface area contributed by atoms with E-state index >= 15 is 0 Å². The van der Waals surface area contributed by atoms with Crippen LogP contribution in [0.1, 0.15) is 135 Å². The van der Waals surface area contributed by atoms with E-state index in [2.05, 4.69) is 16.0 Å². The van der Waals surface area contributed by atoms with E-state index in [9.17, 15) is 43.2 Å². The van der Waals surface area contributed by atoms with Crippen molar-refractivity contribution in [3.63, 3.8) is 0 Å². The molecule has 2 aliphatic rings. The summed E-state index contributed by atoms with van der Waals surface area (Å²) in [7, 11) is -0.445. The number of rotatable bonds is 24. The standard InChI is InChI=1S/C63H102N6O16Si/c1-18-42(9)55-58(73)65-48(15)63(78)84-56(43(10)19-2)46(13)51(85-86(40(5)6,41(7)8)82-34-33-81-32-31-80-30-29-79-28-27-69-54(71)36-45(12)59(69)74)26-25-44(11)62(77)83-52(35-39(3)4)57(72)64-47(14)60(75)68(17)50(37-49-23-21-20-22-24-49)61(76)67(16)38-53(70)66-55/h19-25,39-42,45-48,50-52,55-56H,18,26-38H2,1-17H3,(H,64,72)(H,65,73)(H,66,70)/b43-19+,44-25+/t42?,45?,46-,47-,48+,50+,51-,52+,55-,56+/m0/s1. The number of cyclic esters (lactones) is 2. The molecule has 86 heavy (non-hydrogen) atoms. The fourth-order valence-electron chi connectivity index (χ4n) is 10.3. The van der Waals surface area contributed by atoms with Gasteiger partial charge in [0.05, 0.1) is 65.4 Å². The third kappa shape index (κ3) is 22.4. The first kappa shape index (κ1) is 74.4. The summed E-state index contributed by atoms with van der Waals surface area (Å²) < 4.78 is 43.7. The highest BCUT2D eigenvalue weighted by Crippen LogP contribution is 2.39. The Morgan fingerprint density at radius 3 is 1.87 bits per heavy atom. The number of allylic oxidation sites excluding steroid dienone is 1. The maximum atomic E-state index is 14.4. The van der Waals surface area contributed by atoms with Crippen molar-refractivity contribution in [3.8, 4) is 0 Å². The molecule has 2 heterocycles. The van der Waals surface area contributed by atoms with Crippen molar-refractivity contribution in [1.82, 2.24) is 30.7 Å². The van der Waals surface area contributed by atoms with Gasteiger partial charge in [-0.05, 0) is 81.5 Å². The summed E-state index contributed by atoms with van der Waals surface area (Å²) >= 11 is 0. The number of ether oxygens (including phenoxy) is 5. The lowest BCUT2D eigenvalue weighted by molar-refractivity contribution is -0.155. The molecule has 0 bridgehead atoms. The monoisotopic (exact) mass is 1230 g/mol. The summed E-state index contributed by atoms with van der Waals surface area (Å²) in [5.41, 5.74) is 1.30. The molecular formula is C63H102N6O16Si. The quantitative estimate of drug-likeness (QED) is 0.0353. The molecular weight excluding hydrogens is 1120 g/mol. The van der Waals surface area contributed by atoms with Crippen molar-refractivity contribution in [2.75, 3.05) is 73.4 Å². The Morgan fingerprint density at radius 1 is 0.744 bits per heavy atom. The summed E-state index contributed by atoms with van der Waals surface area (Å²) in [6, 6.07) is 4.37. The number of benzene rings is 1. The van der Waals surface area contributed by atoms with Gasteiger partial charge in [-0.25, -0.2) is 9.59 Å². The van der Waals surface area contributed by atoms with Gasteiger partial charge in [-0.3, -0.25) is 38.5 Å². The molecule has 10 atom stereocenters. The third-order valence-corrected chi connectivity index (χ3v) is 20.5. The van der Waals surface area contributed by atoms with Crippen molar-refractivity contribution in [2.45, 2.75) is 190 Å². The Balaban J connectivity index is 2.01. The van der Waals surface area contributed by atoms with Crippen LogP contribution in [0.4, 0.5) is 0 Å². The van der Waals surface area contributed by atoms with Gasteiger partial charge >= 0.3 is 20.5 Å². The number of hydrogen-bond donors (Lipinski definition) is 3. The molecule has 2 unspecified atom stereocenters. The zero-order valence-corrected chi connectivity index (χ0v) is 55.3. The number of nitrogens with zero attached hydrogens (tertiary/aromatic N) is 3. The maximum Gasteiger partial charge on any atom is 0.343 e. The van der Waals surface area contributed by atoms with Crippen LogP contribution in [0.15, 0.2) is 53.6 Å². The van der Waals surface area contributed by atoms with Crippen LogP contribution in [0.25, 0.3) is 0 Å². The molecule has 0 saturated carbocycles. The second-order valence-electron chi connectivity index (χ2n) is 24.0. The Morgan fingerprint density at radius 2 is 1.33 bits per heavy atom.